The molecule has 3 unspecified atom stereocenters. The van der Waals surface area contributed by atoms with E-state index in [-0.39, 0.29) is 22.0 Å². The minimum atomic E-state index is -0.952. The normalized spacial score (nSPS) is 28.6. The average molecular weight is 576 g/mol. The van der Waals surface area contributed by atoms with Gasteiger partial charge in [0, 0.05) is 39.5 Å². The van der Waals surface area contributed by atoms with E-state index in [2.05, 4.69) is 5.16 Å². The van der Waals surface area contributed by atoms with Gasteiger partial charge in [-0.3, -0.25) is 0 Å². The maximum absolute atomic E-state index is 11.4. The van der Waals surface area contributed by atoms with Gasteiger partial charge in [0.1, 0.15) is 17.3 Å². The number of halogens is 2. The number of carbonyl (C=O) groups is 1. The average Bonchev–Trinajstić information content (AvgIpc) is 3.66. The molecule has 7 nitrogen and oxygen atoms in total. The molecular formula is C31H27Cl2N3O4. The monoisotopic (exact) mass is 575 g/mol. The Kier molecular flexibility index (Phi) is 5.27. The van der Waals surface area contributed by atoms with Gasteiger partial charge in [0.2, 0.25) is 0 Å². The van der Waals surface area contributed by atoms with Crippen LogP contribution in [-0.4, -0.2) is 31.8 Å². The second-order valence-corrected chi connectivity index (χ2v) is 12.8. The van der Waals surface area contributed by atoms with Crippen LogP contribution in [0.25, 0.3) is 22.2 Å². The van der Waals surface area contributed by atoms with Crippen molar-refractivity contribution < 1.29 is 19.2 Å². The van der Waals surface area contributed by atoms with Crippen molar-refractivity contribution in [2.24, 2.45) is 5.41 Å². The van der Waals surface area contributed by atoms with Gasteiger partial charge < -0.3 is 14.4 Å². The third-order valence-corrected chi connectivity index (χ3v) is 11.0. The third kappa shape index (κ3) is 3.23. The molecule has 0 radical (unpaired) electrons. The minimum absolute atomic E-state index is 0.00773. The van der Waals surface area contributed by atoms with Crippen LogP contribution in [0.15, 0.2) is 47.1 Å². The zero-order chi connectivity index (χ0) is 27.3. The number of aromatic nitrogens is 3. The van der Waals surface area contributed by atoms with E-state index in [1.165, 1.54) is 0 Å². The Morgan fingerprint density at radius 3 is 2.48 bits per heavy atom. The van der Waals surface area contributed by atoms with E-state index in [0.29, 0.717) is 33.8 Å². The molecule has 0 saturated heterocycles. The molecule has 8 rings (SSSR count). The van der Waals surface area contributed by atoms with Crippen LogP contribution in [0, 0.1) is 5.41 Å². The molecule has 1 N–H and O–H groups in total. The molecule has 2 heterocycles. The molecule has 2 aromatic heterocycles. The van der Waals surface area contributed by atoms with Crippen LogP contribution in [0.5, 0.6) is 0 Å². The van der Waals surface area contributed by atoms with Crippen LogP contribution < -0.4 is 0 Å². The lowest BCUT2D eigenvalue weighted by Gasteiger charge is -2.67. The molecule has 0 amide bonds. The maximum atomic E-state index is 11.4. The molecule has 4 fully saturated rings. The molecule has 2 aromatic carbocycles. The highest BCUT2D eigenvalue weighted by Gasteiger charge is 2.79. The molecule has 0 aliphatic heterocycles. The lowest BCUT2D eigenvalue weighted by atomic mass is 9.39. The first-order valence-electron chi connectivity index (χ1n) is 13.9. The first kappa shape index (κ1) is 24.8. The summed E-state index contributed by atoms with van der Waals surface area (Å²) < 4.78 is 12.9. The van der Waals surface area contributed by atoms with Crippen LogP contribution in [0.4, 0.5) is 0 Å². The lowest BCUT2D eigenvalue weighted by Crippen LogP contribution is -2.68. The van der Waals surface area contributed by atoms with Gasteiger partial charge in [-0.2, -0.15) is 0 Å². The largest absolute Gasteiger partial charge is 0.478 e. The Hall–Kier alpha value is -3.00. The summed E-state index contributed by atoms with van der Waals surface area (Å²) in [4.78, 5) is 21.2. The summed E-state index contributed by atoms with van der Waals surface area (Å²) in [5.74, 6) is 1.18. The van der Waals surface area contributed by atoms with E-state index in [9.17, 15) is 9.90 Å². The van der Waals surface area contributed by atoms with Crippen LogP contribution >= 0.6 is 23.2 Å². The van der Waals surface area contributed by atoms with Crippen molar-refractivity contribution in [1.29, 1.82) is 0 Å². The topological polar surface area (TPSA) is 98.3 Å². The number of benzene rings is 2. The Morgan fingerprint density at radius 1 is 1.05 bits per heavy atom. The van der Waals surface area contributed by atoms with E-state index in [1.807, 2.05) is 18.2 Å². The Morgan fingerprint density at radius 2 is 1.80 bits per heavy atom. The van der Waals surface area contributed by atoms with Crippen LogP contribution in [0.3, 0.4) is 0 Å². The third-order valence-electron chi connectivity index (χ3n) is 10.4. The highest BCUT2D eigenvalue weighted by atomic mass is 35.5. The smallest absolute Gasteiger partial charge is 0.335 e. The highest BCUT2D eigenvalue weighted by Crippen LogP contribution is 2.79. The summed E-state index contributed by atoms with van der Waals surface area (Å²) in [5.41, 5.74) is 3.01. The van der Waals surface area contributed by atoms with Gasteiger partial charge in [-0.15, -0.1) is 0 Å². The van der Waals surface area contributed by atoms with Gasteiger partial charge in [0.05, 0.1) is 33.3 Å². The molecule has 204 valence electrons. The van der Waals surface area contributed by atoms with E-state index in [0.717, 1.165) is 79.4 Å². The summed E-state index contributed by atoms with van der Waals surface area (Å²) in [6.07, 6.45) is 10.1. The number of carboxylic acids is 1. The number of nitrogens with zero attached hydrogens (tertiary/aromatic N) is 3. The SMILES string of the molecule is O=C(O)c1ccc2nc(C34CCC5(OCc6c(-c7c(Cl)cccc7Cl)noc6C6CC6)CCC53CC4)ncc2c1. The number of fused-ring (bicyclic) bond motifs is 1. The number of carboxylic acid groups (broad SMARTS) is 1. The van der Waals surface area contributed by atoms with Gasteiger partial charge in [0.25, 0.3) is 0 Å². The second kappa shape index (κ2) is 8.51. The molecule has 4 aliphatic rings. The van der Waals surface area contributed by atoms with Gasteiger partial charge in [0.15, 0.2) is 0 Å². The molecule has 1 spiro atoms. The van der Waals surface area contributed by atoms with Crippen molar-refractivity contribution in [2.75, 3.05) is 0 Å². The van der Waals surface area contributed by atoms with E-state index >= 15 is 0 Å². The molecule has 3 atom stereocenters. The zero-order valence-electron chi connectivity index (χ0n) is 21.8. The van der Waals surface area contributed by atoms with Gasteiger partial charge in [-0.1, -0.05) is 34.4 Å². The number of ether oxygens (including phenoxy) is 1. The predicted octanol–water partition coefficient (Wildman–Crippen LogP) is 7.73. The quantitative estimate of drug-likeness (QED) is 0.240. The summed E-state index contributed by atoms with van der Waals surface area (Å²) in [5, 5.41) is 15.6. The summed E-state index contributed by atoms with van der Waals surface area (Å²) in [6.45, 7) is 0.403. The van der Waals surface area contributed by atoms with E-state index < -0.39 is 5.97 Å². The van der Waals surface area contributed by atoms with Gasteiger partial charge in [-0.25, -0.2) is 14.8 Å². The van der Waals surface area contributed by atoms with Crippen LogP contribution in [0.2, 0.25) is 10.0 Å². The van der Waals surface area contributed by atoms with Crippen molar-refractivity contribution in [1.82, 2.24) is 15.1 Å². The van der Waals surface area contributed by atoms with Crippen molar-refractivity contribution in [2.45, 2.75) is 74.9 Å². The molecule has 9 heteroatoms. The van der Waals surface area contributed by atoms with Crippen LogP contribution in [-0.2, 0) is 16.8 Å². The molecule has 4 aliphatic carbocycles. The highest BCUT2D eigenvalue weighted by molar-refractivity contribution is 6.39. The Bertz CT molecular complexity index is 1690. The van der Waals surface area contributed by atoms with Gasteiger partial charge in [-0.05, 0) is 81.7 Å². The fourth-order valence-corrected chi connectivity index (χ4v) is 8.56. The van der Waals surface area contributed by atoms with Crippen molar-refractivity contribution in [3.05, 3.63) is 75.4 Å². The summed E-state index contributed by atoms with van der Waals surface area (Å²) in [6, 6.07) is 10.5. The number of rotatable bonds is 7. The standard InChI is InChI=1S/C31H27Cl2N3O4/c32-21-2-1-3-22(33)24(21)25-20(26(40-36-25)17-4-5-17)16-39-31-12-9-29(8-10-30(29,31)11-13-31)28-34-15-19-14-18(27(37)38)6-7-23(19)35-28/h1-3,6-7,14-15,17H,4-5,8-13,16H2,(H,37,38). The van der Waals surface area contributed by atoms with Crippen LogP contribution in [0.1, 0.15) is 84.8 Å². The molecule has 4 saturated carbocycles. The summed E-state index contributed by atoms with van der Waals surface area (Å²) >= 11 is 13.2. The fraction of sp³-hybridized carbons (Fsp3) is 0.419. The second-order valence-electron chi connectivity index (χ2n) is 12.0. The lowest BCUT2D eigenvalue weighted by molar-refractivity contribution is -0.247. The molecule has 40 heavy (non-hydrogen) atoms. The molecule has 0 bridgehead atoms. The Labute approximate surface area is 240 Å². The molecular weight excluding hydrogens is 549 g/mol. The Balaban J connectivity index is 1.12. The van der Waals surface area contributed by atoms with Crippen molar-refractivity contribution in [3.8, 4) is 11.3 Å². The van der Waals surface area contributed by atoms with Gasteiger partial charge >= 0.3 is 5.97 Å². The number of hydrogen-bond donors (Lipinski definition) is 1. The van der Waals surface area contributed by atoms with Crippen molar-refractivity contribution >= 4 is 40.1 Å². The fourth-order valence-electron chi connectivity index (χ4n) is 7.98. The van der Waals surface area contributed by atoms with E-state index in [1.54, 1.807) is 24.4 Å². The maximum Gasteiger partial charge on any atom is 0.335 e. The first-order chi connectivity index (χ1) is 19.4. The summed E-state index contributed by atoms with van der Waals surface area (Å²) in [7, 11) is 0. The number of aromatic carboxylic acids is 1. The number of hydrogen-bond acceptors (Lipinski definition) is 6. The minimum Gasteiger partial charge on any atom is -0.478 e. The van der Waals surface area contributed by atoms with E-state index in [4.69, 9.17) is 42.4 Å². The first-order valence-corrected chi connectivity index (χ1v) is 14.7. The molecule has 4 aromatic rings. The zero-order valence-corrected chi connectivity index (χ0v) is 23.3. The predicted molar refractivity (Wildman–Crippen MR) is 150 cm³/mol. The van der Waals surface area contributed by atoms with Crippen molar-refractivity contribution in [3.63, 3.8) is 0 Å².